The van der Waals surface area contributed by atoms with E-state index in [9.17, 15) is 9.59 Å². The summed E-state index contributed by atoms with van der Waals surface area (Å²) in [6.45, 7) is 4.65. The number of nitrogens with zero attached hydrogens (tertiary/aromatic N) is 2. The van der Waals surface area contributed by atoms with Crippen LogP contribution in [0.5, 0.6) is 5.75 Å². The topological polar surface area (TPSA) is 106 Å². The molecule has 0 aliphatic rings. The highest BCUT2D eigenvalue weighted by Crippen LogP contribution is 2.24. The number of ether oxygens (including phenoxy) is 1. The first-order valence-electron chi connectivity index (χ1n) is 8.16. The van der Waals surface area contributed by atoms with Crippen molar-refractivity contribution in [3.63, 3.8) is 0 Å². The molecule has 1 aromatic heterocycles. The third-order valence-electron chi connectivity index (χ3n) is 3.33. The van der Waals surface area contributed by atoms with Gasteiger partial charge in [0.05, 0.1) is 12.9 Å². The Morgan fingerprint density at radius 1 is 1.23 bits per heavy atom. The maximum atomic E-state index is 11.8. The van der Waals surface area contributed by atoms with Gasteiger partial charge < -0.3 is 14.5 Å². The van der Waals surface area contributed by atoms with Crippen LogP contribution < -0.4 is 15.4 Å². The Kier molecular flexibility index (Phi) is 7.46. The molecule has 0 aliphatic heterocycles. The molecule has 0 radical (unpaired) electrons. The maximum absolute atomic E-state index is 11.8. The summed E-state index contributed by atoms with van der Waals surface area (Å²) in [5.41, 5.74) is 0.749. The number of thioether (sulfide) groups is 1. The van der Waals surface area contributed by atoms with Crippen molar-refractivity contribution in [2.24, 2.45) is 5.92 Å². The third-order valence-corrected chi connectivity index (χ3v) is 4.15. The highest BCUT2D eigenvalue weighted by atomic mass is 32.2. The number of carbonyl (C=O) groups excluding carboxylic acids is 2. The van der Waals surface area contributed by atoms with Crippen molar-refractivity contribution in [2.75, 3.05) is 19.4 Å². The molecule has 0 spiro atoms. The fourth-order valence-corrected chi connectivity index (χ4v) is 2.49. The van der Waals surface area contributed by atoms with Gasteiger partial charge in [-0.3, -0.25) is 10.1 Å². The zero-order valence-electron chi connectivity index (χ0n) is 14.9. The van der Waals surface area contributed by atoms with Crippen LogP contribution in [-0.4, -0.2) is 41.5 Å². The monoisotopic (exact) mass is 378 g/mol. The van der Waals surface area contributed by atoms with E-state index in [4.69, 9.17) is 9.15 Å². The van der Waals surface area contributed by atoms with E-state index in [-0.39, 0.29) is 11.0 Å². The standard InChI is InChI=1S/C17H22N4O4S/c1-11(2)8-9-18-16(23)19-14(22)10-26-17-21-20-15(25-17)12-4-6-13(24-3)7-5-12/h4-7,11H,8-10H2,1-3H3,(H2,18,19,22,23). The average Bonchev–Trinajstić information content (AvgIpc) is 3.08. The number of hydrogen-bond acceptors (Lipinski definition) is 7. The van der Waals surface area contributed by atoms with E-state index in [1.165, 1.54) is 0 Å². The molecule has 3 amide bonds. The van der Waals surface area contributed by atoms with E-state index in [2.05, 4.69) is 34.7 Å². The number of hydrogen-bond donors (Lipinski definition) is 2. The fourth-order valence-electron chi connectivity index (χ4n) is 1.93. The highest BCUT2D eigenvalue weighted by molar-refractivity contribution is 7.99. The van der Waals surface area contributed by atoms with Crippen molar-refractivity contribution in [1.82, 2.24) is 20.8 Å². The van der Waals surface area contributed by atoms with Crippen LogP contribution in [0, 0.1) is 5.92 Å². The summed E-state index contributed by atoms with van der Waals surface area (Å²) in [4.78, 5) is 23.3. The molecule has 26 heavy (non-hydrogen) atoms. The van der Waals surface area contributed by atoms with Gasteiger partial charge >= 0.3 is 6.03 Å². The molecule has 2 aromatic rings. The van der Waals surface area contributed by atoms with E-state index < -0.39 is 11.9 Å². The number of aromatic nitrogens is 2. The van der Waals surface area contributed by atoms with Gasteiger partial charge in [-0.05, 0) is 36.6 Å². The molecule has 0 bridgehead atoms. The number of nitrogens with one attached hydrogen (secondary N) is 2. The number of imide groups is 1. The molecule has 0 saturated carbocycles. The van der Waals surface area contributed by atoms with E-state index in [1.54, 1.807) is 31.4 Å². The van der Waals surface area contributed by atoms with Gasteiger partial charge in [-0.1, -0.05) is 25.6 Å². The molecule has 0 saturated heterocycles. The fraction of sp³-hybridized carbons (Fsp3) is 0.412. The predicted octanol–water partition coefficient (Wildman–Crippen LogP) is 2.71. The van der Waals surface area contributed by atoms with E-state index in [0.717, 1.165) is 29.5 Å². The minimum atomic E-state index is -0.499. The van der Waals surface area contributed by atoms with Crippen molar-refractivity contribution in [1.29, 1.82) is 0 Å². The molecule has 1 aromatic carbocycles. The van der Waals surface area contributed by atoms with Crippen molar-refractivity contribution in [2.45, 2.75) is 25.5 Å². The van der Waals surface area contributed by atoms with Crippen LogP contribution in [0.15, 0.2) is 33.9 Å². The Hall–Kier alpha value is -2.55. The SMILES string of the molecule is COc1ccc(-c2nnc(SCC(=O)NC(=O)NCCC(C)C)o2)cc1. The summed E-state index contributed by atoms with van der Waals surface area (Å²) >= 11 is 1.07. The number of methoxy groups -OCH3 is 1. The molecule has 8 nitrogen and oxygen atoms in total. The summed E-state index contributed by atoms with van der Waals surface area (Å²) in [5.74, 6) is 1.13. The van der Waals surface area contributed by atoms with Gasteiger partial charge in [0.25, 0.3) is 5.22 Å². The van der Waals surface area contributed by atoms with Crippen LogP contribution in [-0.2, 0) is 4.79 Å². The van der Waals surface area contributed by atoms with Crippen LogP contribution in [0.25, 0.3) is 11.5 Å². The molecule has 2 N–H and O–H groups in total. The molecular weight excluding hydrogens is 356 g/mol. The number of benzene rings is 1. The molecule has 0 fully saturated rings. The molecule has 140 valence electrons. The van der Waals surface area contributed by atoms with Crippen LogP contribution in [0.1, 0.15) is 20.3 Å². The Bertz CT molecular complexity index is 731. The van der Waals surface area contributed by atoms with Crippen LogP contribution >= 0.6 is 11.8 Å². The number of amides is 3. The molecule has 9 heteroatoms. The minimum Gasteiger partial charge on any atom is -0.497 e. The first kappa shape index (κ1) is 19.8. The second kappa shape index (κ2) is 9.81. The minimum absolute atomic E-state index is 0.00183. The van der Waals surface area contributed by atoms with Gasteiger partial charge in [0, 0.05) is 12.1 Å². The van der Waals surface area contributed by atoms with Gasteiger partial charge in [0.2, 0.25) is 11.8 Å². The Morgan fingerprint density at radius 3 is 2.62 bits per heavy atom. The average molecular weight is 378 g/mol. The molecule has 0 atom stereocenters. The number of rotatable bonds is 8. The smallest absolute Gasteiger partial charge is 0.321 e. The molecular formula is C17H22N4O4S. The van der Waals surface area contributed by atoms with Gasteiger partial charge in [-0.2, -0.15) is 0 Å². The van der Waals surface area contributed by atoms with Crippen molar-refractivity contribution in [3.05, 3.63) is 24.3 Å². The lowest BCUT2D eigenvalue weighted by molar-refractivity contribution is -0.117. The van der Waals surface area contributed by atoms with Crippen molar-refractivity contribution >= 4 is 23.7 Å². The third kappa shape index (κ3) is 6.40. The summed E-state index contributed by atoms with van der Waals surface area (Å²) in [5, 5.41) is 13.0. The summed E-state index contributed by atoms with van der Waals surface area (Å²) in [6.07, 6.45) is 0.854. The molecule has 0 aliphatic carbocycles. The first-order valence-corrected chi connectivity index (χ1v) is 9.15. The van der Waals surface area contributed by atoms with Crippen LogP contribution in [0.2, 0.25) is 0 Å². The predicted molar refractivity (Wildman–Crippen MR) is 98.0 cm³/mol. The molecule has 1 heterocycles. The van der Waals surface area contributed by atoms with Gasteiger partial charge in [-0.25, -0.2) is 4.79 Å². The second-order valence-corrected chi connectivity index (χ2v) is 6.80. The van der Waals surface area contributed by atoms with Crippen molar-refractivity contribution < 1.29 is 18.7 Å². The summed E-state index contributed by atoms with van der Waals surface area (Å²) in [6, 6.07) is 6.68. The Morgan fingerprint density at radius 2 is 1.96 bits per heavy atom. The lowest BCUT2D eigenvalue weighted by Crippen LogP contribution is -2.40. The largest absolute Gasteiger partial charge is 0.497 e. The lowest BCUT2D eigenvalue weighted by Gasteiger charge is -2.07. The quantitative estimate of drug-likeness (QED) is 0.680. The zero-order valence-corrected chi connectivity index (χ0v) is 15.8. The number of carbonyl (C=O) groups is 2. The van der Waals surface area contributed by atoms with Crippen LogP contribution in [0.4, 0.5) is 4.79 Å². The van der Waals surface area contributed by atoms with Gasteiger partial charge in [0.1, 0.15) is 5.75 Å². The van der Waals surface area contributed by atoms with E-state index >= 15 is 0 Å². The van der Waals surface area contributed by atoms with E-state index in [1.807, 2.05) is 0 Å². The normalized spacial score (nSPS) is 10.6. The first-order chi connectivity index (χ1) is 12.5. The molecule has 0 unspecified atom stereocenters. The molecule has 2 rings (SSSR count). The van der Waals surface area contributed by atoms with Gasteiger partial charge in [0.15, 0.2) is 0 Å². The summed E-state index contributed by atoms with van der Waals surface area (Å²) in [7, 11) is 1.59. The summed E-state index contributed by atoms with van der Waals surface area (Å²) < 4.78 is 10.6. The Labute approximate surface area is 156 Å². The van der Waals surface area contributed by atoms with E-state index in [0.29, 0.717) is 18.4 Å². The van der Waals surface area contributed by atoms with Crippen molar-refractivity contribution in [3.8, 4) is 17.2 Å². The second-order valence-electron chi connectivity index (χ2n) is 5.88. The van der Waals surface area contributed by atoms with Gasteiger partial charge in [-0.15, -0.1) is 10.2 Å². The lowest BCUT2D eigenvalue weighted by atomic mass is 10.1. The Balaban J connectivity index is 1.78. The maximum Gasteiger partial charge on any atom is 0.321 e. The highest BCUT2D eigenvalue weighted by Gasteiger charge is 2.13. The zero-order chi connectivity index (χ0) is 18.9. The van der Waals surface area contributed by atoms with Crippen LogP contribution in [0.3, 0.4) is 0 Å². The number of urea groups is 1.